The summed E-state index contributed by atoms with van der Waals surface area (Å²) >= 11 is 1.91. The highest BCUT2D eigenvalue weighted by Crippen LogP contribution is 2.31. The maximum absolute atomic E-state index is 9.42. The third-order valence-electron chi connectivity index (χ3n) is 2.42. The molecule has 2 heteroatoms. The molecule has 0 aromatic heterocycles. The molecule has 2 rings (SSSR count). The van der Waals surface area contributed by atoms with E-state index in [2.05, 4.69) is 12.1 Å². The number of aliphatic hydroxyl groups is 1. The molecule has 0 saturated carbocycles. The molecule has 1 atom stereocenters. The standard InChI is InChI=1S/C11H14OS/c1-8(12)10-5-4-9-3-2-6-13-11(9)7-10/h4-5,7-8,12H,2-3,6H2,1H3. The lowest BCUT2D eigenvalue weighted by molar-refractivity contribution is 0.199. The Labute approximate surface area is 83.2 Å². The van der Waals surface area contributed by atoms with E-state index in [1.807, 2.05) is 24.8 Å². The zero-order chi connectivity index (χ0) is 9.26. The summed E-state index contributed by atoms with van der Waals surface area (Å²) < 4.78 is 0. The van der Waals surface area contributed by atoms with E-state index in [0.29, 0.717) is 0 Å². The van der Waals surface area contributed by atoms with Gasteiger partial charge in [0.15, 0.2) is 0 Å². The zero-order valence-corrected chi connectivity index (χ0v) is 8.60. The predicted octanol–water partition coefficient (Wildman–Crippen LogP) is 2.78. The molecule has 0 radical (unpaired) electrons. The topological polar surface area (TPSA) is 20.2 Å². The summed E-state index contributed by atoms with van der Waals surface area (Å²) in [5, 5.41) is 9.42. The van der Waals surface area contributed by atoms with Crippen LogP contribution in [0.1, 0.15) is 30.6 Å². The maximum Gasteiger partial charge on any atom is 0.0762 e. The van der Waals surface area contributed by atoms with Crippen molar-refractivity contribution in [1.82, 2.24) is 0 Å². The SMILES string of the molecule is CC(O)c1ccc2c(c1)SCCC2. The molecule has 0 amide bonds. The van der Waals surface area contributed by atoms with Crippen LogP contribution in [0.2, 0.25) is 0 Å². The summed E-state index contributed by atoms with van der Waals surface area (Å²) in [5.41, 5.74) is 2.48. The van der Waals surface area contributed by atoms with Crippen molar-refractivity contribution in [3.63, 3.8) is 0 Å². The van der Waals surface area contributed by atoms with Gasteiger partial charge in [0.1, 0.15) is 0 Å². The number of fused-ring (bicyclic) bond motifs is 1. The van der Waals surface area contributed by atoms with Gasteiger partial charge in [-0.1, -0.05) is 12.1 Å². The number of aliphatic hydroxyl groups excluding tert-OH is 1. The third kappa shape index (κ3) is 1.89. The minimum Gasteiger partial charge on any atom is -0.389 e. The van der Waals surface area contributed by atoms with Gasteiger partial charge in [-0.05, 0) is 42.7 Å². The van der Waals surface area contributed by atoms with E-state index in [4.69, 9.17) is 0 Å². The Morgan fingerprint density at radius 2 is 2.31 bits per heavy atom. The molecular formula is C11H14OS. The third-order valence-corrected chi connectivity index (χ3v) is 3.61. The molecule has 1 N–H and O–H groups in total. The van der Waals surface area contributed by atoms with Crippen LogP contribution >= 0.6 is 11.8 Å². The highest BCUT2D eigenvalue weighted by molar-refractivity contribution is 7.99. The average Bonchev–Trinajstić information content (AvgIpc) is 2.17. The van der Waals surface area contributed by atoms with E-state index in [9.17, 15) is 5.11 Å². The van der Waals surface area contributed by atoms with E-state index >= 15 is 0 Å². The minimum absolute atomic E-state index is 0.340. The van der Waals surface area contributed by atoms with Crippen LogP contribution in [0.15, 0.2) is 23.1 Å². The fraction of sp³-hybridized carbons (Fsp3) is 0.455. The van der Waals surface area contributed by atoms with Gasteiger partial charge in [0.2, 0.25) is 0 Å². The second-order valence-electron chi connectivity index (χ2n) is 3.50. The Morgan fingerprint density at radius 3 is 3.08 bits per heavy atom. The van der Waals surface area contributed by atoms with Crippen molar-refractivity contribution >= 4 is 11.8 Å². The first kappa shape index (κ1) is 9.10. The number of hydrogen-bond donors (Lipinski definition) is 1. The van der Waals surface area contributed by atoms with E-state index < -0.39 is 0 Å². The van der Waals surface area contributed by atoms with E-state index in [1.54, 1.807) is 0 Å². The molecule has 1 aliphatic heterocycles. The molecule has 1 heterocycles. The lowest BCUT2D eigenvalue weighted by Crippen LogP contribution is -2.00. The quantitative estimate of drug-likeness (QED) is 0.742. The van der Waals surface area contributed by atoms with Crippen molar-refractivity contribution < 1.29 is 5.11 Å². The molecule has 1 nitrogen and oxygen atoms in total. The second-order valence-corrected chi connectivity index (χ2v) is 4.63. The lowest BCUT2D eigenvalue weighted by Gasteiger charge is -2.16. The van der Waals surface area contributed by atoms with Crippen LogP contribution in [0.25, 0.3) is 0 Å². The van der Waals surface area contributed by atoms with Crippen molar-refractivity contribution in [2.75, 3.05) is 5.75 Å². The van der Waals surface area contributed by atoms with Crippen LogP contribution in [0.3, 0.4) is 0 Å². The Balaban J connectivity index is 2.35. The monoisotopic (exact) mass is 194 g/mol. The summed E-state index contributed by atoms with van der Waals surface area (Å²) in [4.78, 5) is 1.37. The molecule has 13 heavy (non-hydrogen) atoms. The number of rotatable bonds is 1. The van der Waals surface area contributed by atoms with Gasteiger partial charge in [-0.2, -0.15) is 0 Å². The smallest absolute Gasteiger partial charge is 0.0762 e. The molecule has 1 aromatic carbocycles. The van der Waals surface area contributed by atoms with Gasteiger partial charge < -0.3 is 5.11 Å². The highest BCUT2D eigenvalue weighted by atomic mass is 32.2. The van der Waals surface area contributed by atoms with E-state index in [-0.39, 0.29) is 6.10 Å². The van der Waals surface area contributed by atoms with Gasteiger partial charge in [-0.15, -0.1) is 11.8 Å². The first-order chi connectivity index (χ1) is 6.27. The number of hydrogen-bond acceptors (Lipinski definition) is 2. The predicted molar refractivity (Wildman–Crippen MR) is 56.1 cm³/mol. The van der Waals surface area contributed by atoms with Crippen LogP contribution in [-0.2, 0) is 6.42 Å². The van der Waals surface area contributed by atoms with Gasteiger partial charge in [-0.3, -0.25) is 0 Å². The van der Waals surface area contributed by atoms with Crippen molar-refractivity contribution in [3.8, 4) is 0 Å². The van der Waals surface area contributed by atoms with Crippen molar-refractivity contribution in [1.29, 1.82) is 0 Å². The van der Waals surface area contributed by atoms with E-state index in [0.717, 1.165) is 5.56 Å². The number of thioether (sulfide) groups is 1. The van der Waals surface area contributed by atoms with E-state index in [1.165, 1.54) is 29.1 Å². The van der Waals surface area contributed by atoms with Crippen LogP contribution < -0.4 is 0 Å². The maximum atomic E-state index is 9.42. The fourth-order valence-electron chi connectivity index (χ4n) is 1.62. The molecule has 1 unspecified atom stereocenters. The van der Waals surface area contributed by atoms with Crippen LogP contribution in [0, 0.1) is 0 Å². The molecule has 1 aliphatic rings. The zero-order valence-electron chi connectivity index (χ0n) is 7.79. The summed E-state index contributed by atoms with van der Waals surface area (Å²) in [6.07, 6.45) is 2.14. The first-order valence-electron chi connectivity index (χ1n) is 4.71. The normalized spacial score (nSPS) is 18.0. The van der Waals surface area contributed by atoms with Gasteiger partial charge >= 0.3 is 0 Å². The molecular weight excluding hydrogens is 180 g/mol. The van der Waals surface area contributed by atoms with Gasteiger partial charge in [-0.25, -0.2) is 0 Å². The number of aryl methyl sites for hydroxylation is 1. The Hall–Kier alpha value is -0.470. The van der Waals surface area contributed by atoms with Gasteiger partial charge in [0.05, 0.1) is 6.10 Å². The summed E-state index contributed by atoms with van der Waals surface area (Å²) in [7, 11) is 0. The minimum atomic E-state index is -0.340. The summed E-state index contributed by atoms with van der Waals surface area (Å²) in [6.45, 7) is 1.81. The lowest BCUT2D eigenvalue weighted by atomic mass is 10.0. The van der Waals surface area contributed by atoms with Gasteiger partial charge in [0.25, 0.3) is 0 Å². The second kappa shape index (κ2) is 3.72. The Kier molecular flexibility index (Phi) is 2.61. The fourth-order valence-corrected chi connectivity index (χ4v) is 2.70. The summed E-state index contributed by atoms with van der Waals surface area (Å²) in [6, 6.07) is 6.32. The molecule has 0 aliphatic carbocycles. The number of benzene rings is 1. The first-order valence-corrected chi connectivity index (χ1v) is 5.69. The Morgan fingerprint density at radius 1 is 1.46 bits per heavy atom. The van der Waals surface area contributed by atoms with Crippen LogP contribution in [0.4, 0.5) is 0 Å². The molecule has 1 aromatic rings. The van der Waals surface area contributed by atoms with Crippen LogP contribution in [0.5, 0.6) is 0 Å². The molecule has 0 bridgehead atoms. The Bertz CT molecular complexity index is 307. The highest BCUT2D eigenvalue weighted by Gasteiger charge is 2.11. The average molecular weight is 194 g/mol. The van der Waals surface area contributed by atoms with Crippen LogP contribution in [-0.4, -0.2) is 10.9 Å². The molecule has 0 saturated heterocycles. The van der Waals surface area contributed by atoms with Crippen molar-refractivity contribution in [2.24, 2.45) is 0 Å². The van der Waals surface area contributed by atoms with Crippen molar-refractivity contribution in [3.05, 3.63) is 29.3 Å². The largest absolute Gasteiger partial charge is 0.389 e. The molecule has 70 valence electrons. The summed E-state index contributed by atoms with van der Waals surface area (Å²) in [5.74, 6) is 1.22. The van der Waals surface area contributed by atoms with Crippen molar-refractivity contribution in [2.45, 2.75) is 30.8 Å². The molecule has 0 spiro atoms. The molecule has 0 fully saturated rings. The van der Waals surface area contributed by atoms with Gasteiger partial charge in [0, 0.05) is 4.90 Å².